The molecule has 0 saturated heterocycles. The van der Waals surface area contributed by atoms with Crippen LogP contribution in [-0.4, -0.2) is 21.8 Å². The van der Waals surface area contributed by atoms with Crippen LogP contribution in [0.1, 0.15) is 37.7 Å². The van der Waals surface area contributed by atoms with Gasteiger partial charge in [-0.25, -0.2) is 0 Å². The summed E-state index contributed by atoms with van der Waals surface area (Å²) in [6, 6.07) is 2.13. The highest BCUT2D eigenvalue weighted by atomic mass is 16.3. The van der Waals surface area contributed by atoms with Gasteiger partial charge in [-0.1, -0.05) is 19.3 Å². The third kappa shape index (κ3) is 2.66. The minimum atomic E-state index is -0.0198. The molecule has 0 bridgehead atoms. The fourth-order valence-electron chi connectivity index (χ4n) is 2.57. The Labute approximate surface area is 97.5 Å². The first kappa shape index (κ1) is 11.7. The number of aromatic nitrogens is 1. The smallest absolute Gasteiger partial charge is 0.0613 e. The Hall–Kier alpha value is -0.800. The maximum Gasteiger partial charge on any atom is 0.0613 e. The molecule has 1 heterocycles. The number of nitrogens with zero attached hydrogens (tertiary/aromatic N) is 1. The SMILES string of the molecule is Cn1ccc(CNC2(CO)CCCCC2)c1. The van der Waals surface area contributed by atoms with Crippen LogP contribution < -0.4 is 5.32 Å². The van der Waals surface area contributed by atoms with E-state index < -0.39 is 0 Å². The average molecular weight is 222 g/mol. The number of rotatable bonds is 4. The molecule has 3 nitrogen and oxygen atoms in total. The Balaban J connectivity index is 1.91. The summed E-state index contributed by atoms with van der Waals surface area (Å²) in [5.74, 6) is 0. The second-order valence-electron chi connectivity index (χ2n) is 5.04. The molecule has 0 radical (unpaired) electrons. The first-order valence-corrected chi connectivity index (χ1v) is 6.21. The molecule has 1 aliphatic carbocycles. The van der Waals surface area contributed by atoms with Crippen LogP contribution in [0.25, 0.3) is 0 Å². The van der Waals surface area contributed by atoms with Crippen LogP contribution in [0, 0.1) is 0 Å². The number of aliphatic hydroxyl groups excluding tert-OH is 1. The molecule has 0 aliphatic heterocycles. The molecule has 0 atom stereocenters. The summed E-state index contributed by atoms with van der Waals surface area (Å²) in [6.45, 7) is 1.13. The molecule has 0 unspecified atom stereocenters. The van der Waals surface area contributed by atoms with Gasteiger partial charge in [-0.15, -0.1) is 0 Å². The molecule has 1 fully saturated rings. The molecular formula is C13H22N2O. The number of hydrogen-bond acceptors (Lipinski definition) is 2. The average Bonchev–Trinajstić information content (AvgIpc) is 2.74. The third-order valence-electron chi connectivity index (χ3n) is 3.67. The molecule has 3 heteroatoms. The van der Waals surface area contributed by atoms with Crippen LogP contribution in [0.2, 0.25) is 0 Å². The largest absolute Gasteiger partial charge is 0.394 e. The summed E-state index contributed by atoms with van der Waals surface area (Å²) in [6.07, 6.45) is 10.2. The van der Waals surface area contributed by atoms with Gasteiger partial charge in [0.25, 0.3) is 0 Å². The van der Waals surface area contributed by atoms with Crippen molar-refractivity contribution in [2.45, 2.75) is 44.2 Å². The lowest BCUT2D eigenvalue weighted by molar-refractivity contribution is 0.119. The van der Waals surface area contributed by atoms with E-state index in [1.54, 1.807) is 0 Å². The van der Waals surface area contributed by atoms with Gasteiger partial charge >= 0.3 is 0 Å². The summed E-state index contributed by atoms with van der Waals surface area (Å²) in [5.41, 5.74) is 1.27. The molecule has 1 aromatic heterocycles. The van der Waals surface area contributed by atoms with Crippen LogP contribution in [0.3, 0.4) is 0 Å². The summed E-state index contributed by atoms with van der Waals surface area (Å²) in [5, 5.41) is 13.1. The minimum absolute atomic E-state index is 0.0198. The lowest BCUT2D eigenvalue weighted by Gasteiger charge is -2.36. The zero-order valence-electron chi connectivity index (χ0n) is 10.1. The Morgan fingerprint density at radius 3 is 2.69 bits per heavy atom. The second-order valence-corrected chi connectivity index (χ2v) is 5.04. The molecule has 2 N–H and O–H groups in total. The van der Waals surface area contributed by atoms with Gasteiger partial charge < -0.3 is 15.0 Å². The summed E-state index contributed by atoms with van der Waals surface area (Å²) in [7, 11) is 2.03. The third-order valence-corrected chi connectivity index (χ3v) is 3.67. The van der Waals surface area contributed by atoms with Gasteiger partial charge in [-0.05, 0) is 24.5 Å². The van der Waals surface area contributed by atoms with Crippen LogP contribution >= 0.6 is 0 Å². The monoisotopic (exact) mass is 222 g/mol. The van der Waals surface area contributed by atoms with E-state index >= 15 is 0 Å². The Kier molecular flexibility index (Phi) is 3.66. The molecule has 0 spiro atoms. The summed E-state index contributed by atoms with van der Waals surface area (Å²) in [4.78, 5) is 0. The van der Waals surface area contributed by atoms with Crippen LogP contribution in [0.5, 0.6) is 0 Å². The Bertz CT molecular complexity index is 326. The van der Waals surface area contributed by atoms with Crippen LogP contribution in [0.15, 0.2) is 18.5 Å². The molecule has 0 amide bonds. The molecule has 90 valence electrons. The van der Waals surface area contributed by atoms with E-state index in [4.69, 9.17) is 0 Å². The van der Waals surface area contributed by atoms with Crippen molar-refractivity contribution in [3.63, 3.8) is 0 Å². The fourth-order valence-corrected chi connectivity index (χ4v) is 2.57. The van der Waals surface area contributed by atoms with Gasteiger partial charge in [0.1, 0.15) is 0 Å². The quantitative estimate of drug-likeness (QED) is 0.815. The van der Waals surface area contributed by atoms with E-state index in [9.17, 15) is 5.11 Å². The summed E-state index contributed by atoms with van der Waals surface area (Å²) >= 11 is 0. The molecule has 1 aromatic rings. The molecule has 2 rings (SSSR count). The fraction of sp³-hybridized carbons (Fsp3) is 0.692. The van der Waals surface area contributed by atoms with E-state index in [1.165, 1.54) is 24.8 Å². The van der Waals surface area contributed by atoms with Crippen molar-refractivity contribution in [2.24, 2.45) is 7.05 Å². The van der Waals surface area contributed by atoms with Gasteiger partial charge in [0.05, 0.1) is 6.61 Å². The lowest BCUT2D eigenvalue weighted by Crippen LogP contribution is -2.49. The number of aryl methyl sites for hydroxylation is 1. The van der Waals surface area contributed by atoms with Crippen molar-refractivity contribution in [1.29, 1.82) is 0 Å². The van der Waals surface area contributed by atoms with Crippen molar-refractivity contribution in [3.05, 3.63) is 24.0 Å². The standard InChI is InChI=1S/C13H22N2O/c1-15-8-5-12(10-15)9-14-13(11-16)6-3-2-4-7-13/h5,8,10,14,16H,2-4,6-7,9,11H2,1H3. The lowest BCUT2D eigenvalue weighted by atomic mass is 9.82. The topological polar surface area (TPSA) is 37.2 Å². The Morgan fingerprint density at radius 2 is 2.12 bits per heavy atom. The van der Waals surface area contributed by atoms with Crippen molar-refractivity contribution >= 4 is 0 Å². The first-order valence-electron chi connectivity index (χ1n) is 6.21. The number of aliphatic hydroxyl groups is 1. The van der Waals surface area contributed by atoms with Gasteiger partial charge in [0, 0.05) is 31.5 Å². The first-order chi connectivity index (χ1) is 7.74. The normalized spacial score (nSPS) is 19.9. The van der Waals surface area contributed by atoms with Crippen molar-refractivity contribution in [3.8, 4) is 0 Å². The number of nitrogens with one attached hydrogen (secondary N) is 1. The predicted octanol–water partition coefficient (Wildman–Crippen LogP) is 1.81. The van der Waals surface area contributed by atoms with Gasteiger partial charge in [0.15, 0.2) is 0 Å². The van der Waals surface area contributed by atoms with Gasteiger partial charge in [-0.3, -0.25) is 0 Å². The molecular weight excluding hydrogens is 200 g/mol. The van der Waals surface area contributed by atoms with Gasteiger partial charge in [0.2, 0.25) is 0 Å². The molecule has 1 saturated carbocycles. The summed E-state index contributed by atoms with van der Waals surface area (Å²) < 4.78 is 2.06. The van der Waals surface area contributed by atoms with E-state index in [0.717, 1.165) is 19.4 Å². The van der Waals surface area contributed by atoms with Crippen molar-refractivity contribution in [1.82, 2.24) is 9.88 Å². The molecule has 0 aromatic carbocycles. The zero-order valence-corrected chi connectivity index (χ0v) is 10.1. The minimum Gasteiger partial charge on any atom is -0.394 e. The zero-order chi connectivity index (χ0) is 11.4. The van der Waals surface area contributed by atoms with Crippen LogP contribution in [-0.2, 0) is 13.6 Å². The highest BCUT2D eigenvalue weighted by molar-refractivity contribution is 5.10. The Morgan fingerprint density at radius 1 is 1.38 bits per heavy atom. The van der Waals surface area contributed by atoms with Crippen molar-refractivity contribution in [2.75, 3.05) is 6.61 Å². The highest BCUT2D eigenvalue weighted by Crippen LogP contribution is 2.28. The second kappa shape index (κ2) is 5.02. The van der Waals surface area contributed by atoms with Crippen LogP contribution in [0.4, 0.5) is 0 Å². The van der Waals surface area contributed by atoms with E-state index in [1.807, 2.05) is 7.05 Å². The maximum absolute atomic E-state index is 9.56. The molecule has 16 heavy (non-hydrogen) atoms. The van der Waals surface area contributed by atoms with E-state index in [-0.39, 0.29) is 12.1 Å². The van der Waals surface area contributed by atoms with E-state index in [0.29, 0.717) is 0 Å². The number of hydrogen-bond donors (Lipinski definition) is 2. The maximum atomic E-state index is 9.56. The molecule has 1 aliphatic rings. The predicted molar refractivity (Wildman–Crippen MR) is 65.2 cm³/mol. The van der Waals surface area contributed by atoms with Crippen molar-refractivity contribution < 1.29 is 5.11 Å². The highest BCUT2D eigenvalue weighted by Gasteiger charge is 2.30. The van der Waals surface area contributed by atoms with Gasteiger partial charge in [-0.2, -0.15) is 0 Å². The van der Waals surface area contributed by atoms with E-state index in [2.05, 4.69) is 28.3 Å².